The van der Waals surface area contributed by atoms with Crippen LogP contribution in [0.1, 0.15) is 52.4 Å². The molecule has 0 aromatic carbocycles. The Morgan fingerprint density at radius 2 is 2.00 bits per heavy atom. The van der Waals surface area contributed by atoms with E-state index in [1.807, 2.05) is 11.8 Å². The highest BCUT2D eigenvalue weighted by molar-refractivity contribution is 5.80. The largest absolute Gasteiger partial charge is 0.390 e. The van der Waals surface area contributed by atoms with Crippen molar-refractivity contribution < 1.29 is 9.90 Å². The van der Waals surface area contributed by atoms with Crippen molar-refractivity contribution in [2.45, 2.75) is 64.0 Å². The average Bonchev–Trinajstić information content (AvgIpc) is 2.50. The zero-order valence-electron chi connectivity index (χ0n) is 12.3. The van der Waals surface area contributed by atoms with Gasteiger partial charge in [-0.3, -0.25) is 4.79 Å². The molecule has 1 saturated carbocycles. The van der Waals surface area contributed by atoms with Crippen LogP contribution in [0.2, 0.25) is 0 Å². The Bertz CT molecular complexity index is 320. The van der Waals surface area contributed by atoms with Gasteiger partial charge in [-0.25, -0.2) is 0 Å². The molecular formula is C15H28N2O2. The standard InChI is InChI=1S/C15H28N2O2/c1-11-5-3-6-12(16)13(11)14(18)17-9-4-7-15(2,19)8-10-17/h11-13,19H,3-10,16H2,1-2H3. The molecule has 2 aliphatic rings. The van der Waals surface area contributed by atoms with Crippen molar-refractivity contribution in [3.8, 4) is 0 Å². The van der Waals surface area contributed by atoms with E-state index in [4.69, 9.17) is 5.73 Å². The fourth-order valence-corrected chi connectivity index (χ4v) is 3.58. The van der Waals surface area contributed by atoms with Gasteiger partial charge in [0, 0.05) is 19.1 Å². The molecule has 4 unspecified atom stereocenters. The molecule has 110 valence electrons. The van der Waals surface area contributed by atoms with Crippen molar-refractivity contribution >= 4 is 5.91 Å². The maximum Gasteiger partial charge on any atom is 0.227 e. The van der Waals surface area contributed by atoms with Crippen molar-refractivity contribution in [3.63, 3.8) is 0 Å². The van der Waals surface area contributed by atoms with Crippen LogP contribution in [0.5, 0.6) is 0 Å². The van der Waals surface area contributed by atoms with Crippen molar-refractivity contribution in [1.29, 1.82) is 0 Å². The van der Waals surface area contributed by atoms with E-state index >= 15 is 0 Å². The lowest BCUT2D eigenvalue weighted by molar-refractivity contribution is -0.139. The number of amides is 1. The molecule has 4 heteroatoms. The molecule has 2 fully saturated rings. The van der Waals surface area contributed by atoms with Crippen LogP contribution in [0, 0.1) is 11.8 Å². The Labute approximate surface area is 116 Å². The summed E-state index contributed by atoms with van der Waals surface area (Å²) < 4.78 is 0. The predicted octanol–water partition coefficient (Wildman–Crippen LogP) is 1.51. The van der Waals surface area contributed by atoms with Gasteiger partial charge in [0.25, 0.3) is 0 Å². The Morgan fingerprint density at radius 1 is 1.26 bits per heavy atom. The maximum absolute atomic E-state index is 12.7. The van der Waals surface area contributed by atoms with Gasteiger partial charge in [0.05, 0.1) is 11.5 Å². The Kier molecular flexibility index (Phi) is 4.51. The van der Waals surface area contributed by atoms with E-state index in [0.29, 0.717) is 18.9 Å². The molecule has 3 N–H and O–H groups in total. The fourth-order valence-electron chi connectivity index (χ4n) is 3.58. The van der Waals surface area contributed by atoms with E-state index in [0.717, 1.165) is 38.6 Å². The summed E-state index contributed by atoms with van der Waals surface area (Å²) in [4.78, 5) is 14.6. The molecular weight excluding hydrogens is 240 g/mol. The van der Waals surface area contributed by atoms with Crippen molar-refractivity contribution in [3.05, 3.63) is 0 Å². The molecule has 0 radical (unpaired) electrons. The zero-order chi connectivity index (χ0) is 14.0. The van der Waals surface area contributed by atoms with E-state index in [9.17, 15) is 9.90 Å². The van der Waals surface area contributed by atoms with E-state index in [1.54, 1.807) is 0 Å². The van der Waals surface area contributed by atoms with Gasteiger partial charge in [-0.2, -0.15) is 0 Å². The lowest BCUT2D eigenvalue weighted by atomic mass is 9.76. The lowest BCUT2D eigenvalue weighted by Crippen LogP contribution is -2.49. The highest BCUT2D eigenvalue weighted by Crippen LogP contribution is 2.31. The third-order valence-electron chi connectivity index (χ3n) is 4.93. The highest BCUT2D eigenvalue weighted by Gasteiger charge is 2.37. The number of rotatable bonds is 1. The topological polar surface area (TPSA) is 66.6 Å². The monoisotopic (exact) mass is 268 g/mol. The van der Waals surface area contributed by atoms with Gasteiger partial charge >= 0.3 is 0 Å². The number of hydrogen-bond acceptors (Lipinski definition) is 3. The molecule has 0 aromatic heterocycles. The molecule has 4 nitrogen and oxygen atoms in total. The molecule has 1 amide bonds. The van der Waals surface area contributed by atoms with Gasteiger partial charge in [0.2, 0.25) is 5.91 Å². The fraction of sp³-hybridized carbons (Fsp3) is 0.933. The molecule has 4 atom stereocenters. The van der Waals surface area contributed by atoms with Gasteiger partial charge in [-0.15, -0.1) is 0 Å². The van der Waals surface area contributed by atoms with Crippen LogP contribution in [0.15, 0.2) is 0 Å². The first kappa shape index (κ1) is 14.8. The summed E-state index contributed by atoms with van der Waals surface area (Å²) in [6.45, 7) is 5.46. The van der Waals surface area contributed by atoms with E-state index in [-0.39, 0.29) is 17.9 Å². The summed E-state index contributed by atoms with van der Waals surface area (Å²) in [5.74, 6) is 0.592. The van der Waals surface area contributed by atoms with Crippen LogP contribution < -0.4 is 5.73 Å². The number of carbonyl (C=O) groups excluding carboxylic acids is 1. The number of carbonyl (C=O) groups is 1. The first-order chi connectivity index (χ1) is 8.91. The smallest absolute Gasteiger partial charge is 0.227 e. The summed E-state index contributed by atoms with van der Waals surface area (Å²) in [6.07, 6.45) is 5.55. The van der Waals surface area contributed by atoms with Crippen LogP contribution >= 0.6 is 0 Å². The SMILES string of the molecule is CC1CCCC(N)C1C(=O)N1CCCC(C)(O)CC1. The number of nitrogens with two attached hydrogens (primary N) is 1. The highest BCUT2D eigenvalue weighted by atomic mass is 16.3. The first-order valence-electron chi connectivity index (χ1n) is 7.67. The Morgan fingerprint density at radius 3 is 2.68 bits per heavy atom. The third kappa shape index (κ3) is 3.48. The van der Waals surface area contributed by atoms with Gasteiger partial charge in [0.15, 0.2) is 0 Å². The molecule has 1 saturated heterocycles. The summed E-state index contributed by atoms with van der Waals surface area (Å²) in [5, 5.41) is 10.1. The van der Waals surface area contributed by atoms with E-state index in [1.165, 1.54) is 0 Å². The minimum atomic E-state index is -0.616. The Hall–Kier alpha value is -0.610. The molecule has 2 rings (SSSR count). The Balaban J connectivity index is 2.02. The molecule has 19 heavy (non-hydrogen) atoms. The van der Waals surface area contributed by atoms with Crippen molar-refractivity contribution in [1.82, 2.24) is 4.90 Å². The third-order valence-corrected chi connectivity index (χ3v) is 4.93. The van der Waals surface area contributed by atoms with Crippen molar-refractivity contribution in [2.24, 2.45) is 17.6 Å². The summed E-state index contributed by atoms with van der Waals surface area (Å²) in [6, 6.07) is 0.0139. The second-order valence-electron chi connectivity index (χ2n) is 6.77. The van der Waals surface area contributed by atoms with Crippen LogP contribution in [-0.4, -0.2) is 40.6 Å². The molecule has 0 aromatic rings. The van der Waals surface area contributed by atoms with Crippen LogP contribution in [-0.2, 0) is 4.79 Å². The first-order valence-corrected chi connectivity index (χ1v) is 7.67. The minimum absolute atomic E-state index is 0.0139. The minimum Gasteiger partial charge on any atom is -0.390 e. The van der Waals surface area contributed by atoms with Crippen molar-refractivity contribution in [2.75, 3.05) is 13.1 Å². The van der Waals surface area contributed by atoms with Gasteiger partial charge in [-0.05, 0) is 44.9 Å². The van der Waals surface area contributed by atoms with Crippen LogP contribution in [0.3, 0.4) is 0 Å². The number of nitrogens with zero attached hydrogens (tertiary/aromatic N) is 1. The quantitative estimate of drug-likeness (QED) is 0.757. The van der Waals surface area contributed by atoms with E-state index in [2.05, 4.69) is 6.92 Å². The normalized spacial score (nSPS) is 40.8. The second-order valence-corrected chi connectivity index (χ2v) is 6.77. The number of aliphatic hydroxyl groups is 1. The molecule has 1 heterocycles. The van der Waals surface area contributed by atoms with E-state index < -0.39 is 5.60 Å². The van der Waals surface area contributed by atoms with Crippen LogP contribution in [0.4, 0.5) is 0 Å². The maximum atomic E-state index is 12.7. The van der Waals surface area contributed by atoms with Gasteiger partial charge in [-0.1, -0.05) is 13.3 Å². The molecule has 1 aliphatic carbocycles. The number of likely N-dealkylation sites (tertiary alicyclic amines) is 1. The number of hydrogen-bond donors (Lipinski definition) is 2. The predicted molar refractivity (Wildman–Crippen MR) is 75.5 cm³/mol. The molecule has 0 spiro atoms. The summed E-state index contributed by atoms with van der Waals surface area (Å²) in [5.41, 5.74) is 5.56. The van der Waals surface area contributed by atoms with Gasteiger partial charge < -0.3 is 15.7 Å². The lowest BCUT2D eigenvalue weighted by Gasteiger charge is -2.36. The zero-order valence-corrected chi connectivity index (χ0v) is 12.3. The summed E-state index contributed by atoms with van der Waals surface area (Å²) in [7, 11) is 0. The summed E-state index contributed by atoms with van der Waals surface area (Å²) >= 11 is 0. The second kappa shape index (κ2) is 5.80. The molecule has 1 aliphatic heterocycles. The van der Waals surface area contributed by atoms with Crippen LogP contribution in [0.25, 0.3) is 0 Å². The average molecular weight is 268 g/mol. The molecule has 0 bridgehead atoms. The van der Waals surface area contributed by atoms with Gasteiger partial charge in [0.1, 0.15) is 0 Å².